The van der Waals surface area contributed by atoms with Gasteiger partial charge >= 0.3 is 0 Å². The van der Waals surface area contributed by atoms with Crippen molar-refractivity contribution >= 4 is 22.4 Å². The lowest BCUT2D eigenvalue weighted by molar-refractivity contribution is 0.498. The van der Waals surface area contributed by atoms with Gasteiger partial charge in [0.1, 0.15) is 0 Å². The molecule has 1 aliphatic rings. The van der Waals surface area contributed by atoms with Crippen molar-refractivity contribution in [2.75, 3.05) is 6.54 Å². The van der Waals surface area contributed by atoms with Crippen LogP contribution in [0.5, 0.6) is 0 Å². The molecule has 0 bridgehead atoms. The summed E-state index contributed by atoms with van der Waals surface area (Å²) >= 11 is 0. The van der Waals surface area contributed by atoms with Gasteiger partial charge in [-0.1, -0.05) is 6.07 Å². The molecule has 0 spiro atoms. The summed E-state index contributed by atoms with van der Waals surface area (Å²) in [6.07, 6.45) is 4.36. The molecule has 1 aromatic rings. The lowest BCUT2D eigenvalue weighted by Gasteiger charge is -2.20. The average molecular weight is 319 g/mol. The maximum atomic E-state index is 12.2. The summed E-state index contributed by atoms with van der Waals surface area (Å²) in [5, 5.41) is 0. The molecule has 0 saturated carbocycles. The maximum Gasteiger partial charge on any atom is 0.240 e. The SMILES string of the molecule is CC(C)(N)CNS(=O)(=O)c1ccc2c(c1)CCCC2.Cl. The highest BCUT2D eigenvalue weighted by atomic mass is 35.5. The summed E-state index contributed by atoms with van der Waals surface area (Å²) in [6, 6.07) is 5.44. The van der Waals surface area contributed by atoms with Crippen LogP contribution in [0.25, 0.3) is 0 Å². The van der Waals surface area contributed by atoms with Crippen LogP contribution in [0.2, 0.25) is 0 Å². The normalized spacial score (nSPS) is 15.3. The van der Waals surface area contributed by atoms with Crippen LogP contribution in [0.3, 0.4) is 0 Å². The molecule has 0 aromatic heterocycles. The summed E-state index contributed by atoms with van der Waals surface area (Å²) in [4.78, 5) is 0.345. The molecule has 0 radical (unpaired) electrons. The highest BCUT2D eigenvalue weighted by Crippen LogP contribution is 2.24. The van der Waals surface area contributed by atoms with Crippen LogP contribution < -0.4 is 10.5 Å². The van der Waals surface area contributed by atoms with E-state index in [1.54, 1.807) is 26.0 Å². The number of rotatable bonds is 4. The number of aryl methyl sites for hydroxylation is 2. The summed E-state index contributed by atoms with van der Waals surface area (Å²) < 4.78 is 27.0. The first kappa shape index (κ1) is 17.4. The number of fused-ring (bicyclic) bond motifs is 1. The third-order valence-electron chi connectivity index (χ3n) is 3.35. The zero-order valence-electron chi connectivity index (χ0n) is 12.0. The van der Waals surface area contributed by atoms with E-state index in [0.29, 0.717) is 4.90 Å². The highest BCUT2D eigenvalue weighted by molar-refractivity contribution is 7.89. The van der Waals surface area contributed by atoms with Crippen molar-refractivity contribution in [1.29, 1.82) is 0 Å². The number of hydrogen-bond acceptors (Lipinski definition) is 3. The van der Waals surface area contributed by atoms with Gasteiger partial charge in [-0.15, -0.1) is 12.4 Å². The Labute approximate surface area is 127 Å². The van der Waals surface area contributed by atoms with Crippen molar-refractivity contribution in [1.82, 2.24) is 4.72 Å². The van der Waals surface area contributed by atoms with Crippen molar-refractivity contribution in [2.45, 2.75) is 50.0 Å². The van der Waals surface area contributed by atoms with E-state index in [4.69, 9.17) is 5.73 Å². The molecular weight excluding hydrogens is 296 g/mol. The summed E-state index contributed by atoms with van der Waals surface area (Å²) in [5.74, 6) is 0. The first-order valence-electron chi connectivity index (χ1n) is 6.68. The number of halogens is 1. The van der Waals surface area contributed by atoms with Gasteiger partial charge in [-0.05, 0) is 62.8 Å². The second kappa shape index (κ2) is 6.43. The molecule has 4 nitrogen and oxygen atoms in total. The number of nitrogens with two attached hydrogens (primary N) is 1. The number of benzene rings is 1. The molecule has 0 amide bonds. The molecule has 3 N–H and O–H groups in total. The Morgan fingerprint density at radius 1 is 1.20 bits per heavy atom. The van der Waals surface area contributed by atoms with Crippen LogP contribution >= 0.6 is 12.4 Å². The Hall–Kier alpha value is -0.620. The van der Waals surface area contributed by atoms with Gasteiger partial charge in [0.15, 0.2) is 0 Å². The summed E-state index contributed by atoms with van der Waals surface area (Å²) in [7, 11) is -3.46. The second-order valence-electron chi connectivity index (χ2n) is 5.95. The van der Waals surface area contributed by atoms with Crippen molar-refractivity contribution < 1.29 is 8.42 Å². The monoisotopic (exact) mass is 318 g/mol. The van der Waals surface area contributed by atoms with Crippen LogP contribution in [0, 0.1) is 0 Å². The predicted octanol–water partition coefficient (Wildman–Crippen LogP) is 2.00. The molecule has 0 atom stereocenters. The zero-order chi connectivity index (χ0) is 14.1. The lowest BCUT2D eigenvalue weighted by Crippen LogP contribution is -2.45. The van der Waals surface area contributed by atoms with Crippen LogP contribution in [-0.4, -0.2) is 20.5 Å². The Kier molecular flexibility index (Phi) is 5.61. The fourth-order valence-electron chi connectivity index (χ4n) is 2.24. The Morgan fingerprint density at radius 3 is 2.40 bits per heavy atom. The second-order valence-corrected chi connectivity index (χ2v) is 7.72. The van der Waals surface area contributed by atoms with Gasteiger partial charge in [0.2, 0.25) is 10.0 Å². The first-order valence-corrected chi connectivity index (χ1v) is 8.17. The van der Waals surface area contributed by atoms with Crippen molar-refractivity contribution in [3.63, 3.8) is 0 Å². The topological polar surface area (TPSA) is 72.2 Å². The van der Waals surface area contributed by atoms with E-state index in [0.717, 1.165) is 19.3 Å². The van der Waals surface area contributed by atoms with Gasteiger partial charge in [0, 0.05) is 12.1 Å². The molecule has 0 heterocycles. The maximum absolute atomic E-state index is 12.2. The fraction of sp³-hybridized carbons (Fsp3) is 0.571. The number of nitrogens with one attached hydrogen (secondary N) is 1. The minimum absolute atomic E-state index is 0. The molecule has 0 unspecified atom stereocenters. The highest BCUT2D eigenvalue weighted by Gasteiger charge is 2.20. The lowest BCUT2D eigenvalue weighted by atomic mass is 9.92. The number of sulfonamides is 1. The average Bonchev–Trinajstić information content (AvgIpc) is 2.35. The van der Waals surface area contributed by atoms with E-state index in [9.17, 15) is 8.42 Å². The molecule has 114 valence electrons. The summed E-state index contributed by atoms with van der Waals surface area (Å²) in [5.41, 5.74) is 7.70. The van der Waals surface area contributed by atoms with E-state index >= 15 is 0 Å². The third kappa shape index (κ3) is 4.45. The molecule has 2 rings (SSSR count). The van der Waals surface area contributed by atoms with E-state index < -0.39 is 15.6 Å². The quantitative estimate of drug-likeness (QED) is 0.892. The zero-order valence-corrected chi connectivity index (χ0v) is 13.6. The van der Waals surface area contributed by atoms with Crippen LogP contribution in [-0.2, 0) is 22.9 Å². The first-order chi connectivity index (χ1) is 8.78. The van der Waals surface area contributed by atoms with Crippen molar-refractivity contribution in [3.8, 4) is 0 Å². The molecule has 0 aliphatic heterocycles. The third-order valence-corrected chi connectivity index (χ3v) is 4.75. The van der Waals surface area contributed by atoms with Gasteiger partial charge in [0.25, 0.3) is 0 Å². The van der Waals surface area contributed by atoms with E-state index in [1.807, 2.05) is 6.07 Å². The Bertz CT molecular complexity index is 565. The minimum Gasteiger partial charge on any atom is -0.324 e. The van der Waals surface area contributed by atoms with Gasteiger partial charge in [-0.2, -0.15) is 0 Å². The Balaban J connectivity index is 0.00000200. The summed E-state index contributed by atoms with van der Waals surface area (Å²) in [6.45, 7) is 3.82. The van der Waals surface area contributed by atoms with Gasteiger partial charge in [-0.25, -0.2) is 13.1 Å². The number of hydrogen-bond donors (Lipinski definition) is 2. The van der Waals surface area contributed by atoms with Crippen molar-refractivity contribution in [3.05, 3.63) is 29.3 Å². The molecule has 20 heavy (non-hydrogen) atoms. The van der Waals surface area contributed by atoms with Gasteiger partial charge < -0.3 is 5.73 Å². The van der Waals surface area contributed by atoms with Crippen molar-refractivity contribution in [2.24, 2.45) is 5.73 Å². The Morgan fingerprint density at radius 2 is 1.80 bits per heavy atom. The molecule has 1 aromatic carbocycles. The minimum atomic E-state index is -3.46. The van der Waals surface area contributed by atoms with Crippen LogP contribution in [0.15, 0.2) is 23.1 Å². The molecular formula is C14H23ClN2O2S. The van der Waals surface area contributed by atoms with Gasteiger partial charge in [-0.3, -0.25) is 0 Å². The molecule has 0 saturated heterocycles. The molecule has 0 fully saturated rings. The molecule has 1 aliphatic carbocycles. The van der Waals surface area contributed by atoms with Crippen LogP contribution in [0.1, 0.15) is 37.8 Å². The fourth-order valence-corrected chi connectivity index (χ4v) is 3.51. The molecule has 6 heteroatoms. The van der Waals surface area contributed by atoms with E-state index in [2.05, 4.69) is 4.72 Å². The predicted molar refractivity (Wildman–Crippen MR) is 83.8 cm³/mol. The van der Waals surface area contributed by atoms with E-state index in [-0.39, 0.29) is 19.0 Å². The smallest absolute Gasteiger partial charge is 0.240 e. The standard InChI is InChI=1S/C14H22N2O2S.ClH/c1-14(2,15)10-16-19(17,18)13-8-7-11-5-3-4-6-12(11)9-13;/h7-9,16H,3-6,10,15H2,1-2H3;1H. The largest absolute Gasteiger partial charge is 0.324 e. The van der Waals surface area contributed by atoms with Crippen LogP contribution in [0.4, 0.5) is 0 Å². The van der Waals surface area contributed by atoms with Gasteiger partial charge in [0.05, 0.1) is 4.90 Å². The van der Waals surface area contributed by atoms with E-state index in [1.165, 1.54) is 17.5 Å².